The molecule has 0 spiro atoms. The van der Waals surface area contributed by atoms with Gasteiger partial charge in [-0.2, -0.15) is 0 Å². The van der Waals surface area contributed by atoms with Crippen LogP contribution >= 0.6 is 0 Å². The summed E-state index contributed by atoms with van der Waals surface area (Å²) < 4.78 is 23.3. The van der Waals surface area contributed by atoms with Gasteiger partial charge in [-0.1, -0.05) is 6.42 Å². The van der Waals surface area contributed by atoms with E-state index in [1.54, 1.807) is 0 Å². The number of nitrogens with zero attached hydrogens (tertiary/aromatic N) is 1. The van der Waals surface area contributed by atoms with E-state index in [9.17, 15) is 13.2 Å². The summed E-state index contributed by atoms with van der Waals surface area (Å²) in [5.74, 6) is -0.414. The van der Waals surface area contributed by atoms with Gasteiger partial charge in [-0.05, 0) is 33.5 Å². The first-order valence-corrected chi connectivity index (χ1v) is 6.86. The number of hydrogen-bond acceptors (Lipinski definition) is 4. The molecule has 5 nitrogen and oxygen atoms in total. The van der Waals surface area contributed by atoms with E-state index in [2.05, 4.69) is 4.90 Å². The zero-order valence-corrected chi connectivity index (χ0v) is 10.4. The lowest BCUT2D eigenvalue weighted by molar-refractivity contribution is -0.119. The summed E-state index contributed by atoms with van der Waals surface area (Å²) in [6.07, 6.45) is 3.96. The molecule has 0 radical (unpaired) electrons. The second-order valence-corrected chi connectivity index (χ2v) is 5.66. The van der Waals surface area contributed by atoms with Crippen LogP contribution in [0, 0.1) is 0 Å². The van der Waals surface area contributed by atoms with Crippen molar-refractivity contribution in [2.45, 2.75) is 25.7 Å². The van der Waals surface area contributed by atoms with Gasteiger partial charge in [0.15, 0.2) is 0 Å². The molecule has 0 saturated heterocycles. The Bertz CT molecular complexity index is 286. The molecule has 0 bridgehead atoms. The first-order valence-electron chi connectivity index (χ1n) is 4.96. The van der Waals surface area contributed by atoms with Crippen LogP contribution in [-0.2, 0) is 14.8 Å². The van der Waals surface area contributed by atoms with E-state index in [-0.39, 0.29) is 6.42 Å². The third-order valence-electron chi connectivity index (χ3n) is 1.81. The molecule has 0 rings (SSSR count). The topological polar surface area (TPSA) is 66.5 Å². The fourth-order valence-corrected chi connectivity index (χ4v) is 1.66. The predicted octanol–water partition coefficient (Wildman–Crippen LogP) is 0.184. The van der Waals surface area contributed by atoms with Crippen LogP contribution in [0.2, 0.25) is 0 Å². The normalized spacial score (nSPS) is 11.7. The summed E-state index contributed by atoms with van der Waals surface area (Å²) in [7, 11) is 0.606. The van der Waals surface area contributed by atoms with Gasteiger partial charge >= 0.3 is 0 Å². The van der Waals surface area contributed by atoms with E-state index >= 15 is 0 Å². The van der Waals surface area contributed by atoms with Gasteiger partial charge in [0, 0.05) is 6.42 Å². The molecule has 0 aliphatic carbocycles. The van der Waals surface area contributed by atoms with Crippen molar-refractivity contribution in [2.24, 2.45) is 0 Å². The predicted molar refractivity (Wildman–Crippen MR) is 60.0 cm³/mol. The van der Waals surface area contributed by atoms with Crippen molar-refractivity contribution in [2.75, 3.05) is 26.9 Å². The molecule has 0 atom stereocenters. The highest BCUT2D eigenvalue weighted by Crippen LogP contribution is 2.00. The van der Waals surface area contributed by atoms with E-state index in [1.165, 1.54) is 0 Å². The average molecular weight is 236 g/mol. The summed E-state index contributed by atoms with van der Waals surface area (Å²) in [4.78, 5) is 13.1. The van der Waals surface area contributed by atoms with Gasteiger partial charge in [0.25, 0.3) is 0 Å². The SMILES string of the molecule is CN(C)CCCCCC(=O)NS(C)(=O)=O. The third-order valence-corrected chi connectivity index (χ3v) is 2.41. The van der Waals surface area contributed by atoms with Gasteiger partial charge in [0.05, 0.1) is 6.26 Å². The van der Waals surface area contributed by atoms with Crippen LogP contribution in [0.1, 0.15) is 25.7 Å². The summed E-state index contributed by atoms with van der Waals surface area (Å²) in [5.41, 5.74) is 0. The number of amides is 1. The molecule has 1 amide bonds. The molecule has 90 valence electrons. The fourth-order valence-electron chi connectivity index (χ4n) is 1.15. The highest BCUT2D eigenvalue weighted by molar-refractivity contribution is 7.89. The maximum absolute atomic E-state index is 11.1. The minimum Gasteiger partial charge on any atom is -0.309 e. The molecule has 6 heteroatoms. The van der Waals surface area contributed by atoms with Crippen molar-refractivity contribution in [3.8, 4) is 0 Å². The quantitative estimate of drug-likeness (QED) is 0.641. The molecule has 0 aliphatic rings. The van der Waals surface area contributed by atoms with Gasteiger partial charge in [-0.25, -0.2) is 8.42 Å². The number of sulfonamides is 1. The Morgan fingerprint density at radius 1 is 1.20 bits per heavy atom. The molecule has 0 aliphatic heterocycles. The molecular weight excluding hydrogens is 216 g/mol. The summed E-state index contributed by atoms with van der Waals surface area (Å²) in [5, 5.41) is 0. The Kier molecular flexibility index (Phi) is 6.51. The van der Waals surface area contributed by atoms with Crippen molar-refractivity contribution in [1.29, 1.82) is 0 Å². The number of hydrogen-bond donors (Lipinski definition) is 1. The molecule has 0 fully saturated rings. The van der Waals surface area contributed by atoms with E-state index in [1.807, 2.05) is 18.8 Å². The highest BCUT2D eigenvalue weighted by atomic mass is 32.2. The minimum atomic E-state index is -3.39. The Balaban J connectivity index is 3.48. The summed E-state index contributed by atoms with van der Waals surface area (Å²) in [6.45, 7) is 0.994. The smallest absolute Gasteiger partial charge is 0.233 e. The van der Waals surface area contributed by atoms with Crippen LogP contribution in [0.3, 0.4) is 0 Å². The van der Waals surface area contributed by atoms with Gasteiger partial charge < -0.3 is 4.90 Å². The molecule has 0 saturated carbocycles. The third kappa shape index (κ3) is 11.3. The van der Waals surface area contributed by atoms with Crippen LogP contribution in [0.5, 0.6) is 0 Å². The van der Waals surface area contributed by atoms with Gasteiger partial charge in [-0.15, -0.1) is 0 Å². The fraction of sp³-hybridized carbons (Fsp3) is 0.889. The number of nitrogens with one attached hydrogen (secondary N) is 1. The van der Waals surface area contributed by atoms with Crippen molar-refractivity contribution in [1.82, 2.24) is 9.62 Å². The Morgan fingerprint density at radius 3 is 2.27 bits per heavy atom. The van der Waals surface area contributed by atoms with Crippen LogP contribution in [-0.4, -0.2) is 46.1 Å². The standard InChI is InChI=1S/C9H20N2O3S/c1-11(2)8-6-4-5-7-9(12)10-15(3,13)14/h4-8H2,1-3H3,(H,10,12). The molecule has 1 N–H and O–H groups in total. The van der Waals surface area contributed by atoms with Crippen molar-refractivity contribution in [3.05, 3.63) is 0 Å². The van der Waals surface area contributed by atoms with Crippen LogP contribution in [0.15, 0.2) is 0 Å². The van der Waals surface area contributed by atoms with Gasteiger partial charge in [0.2, 0.25) is 15.9 Å². The van der Waals surface area contributed by atoms with E-state index < -0.39 is 15.9 Å². The lowest BCUT2D eigenvalue weighted by Gasteiger charge is -2.08. The van der Waals surface area contributed by atoms with Crippen molar-refractivity contribution >= 4 is 15.9 Å². The molecular formula is C9H20N2O3S. The summed E-state index contributed by atoms with van der Waals surface area (Å²) >= 11 is 0. The van der Waals surface area contributed by atoms with E-state index in [4.69, 9.17) is 0 Å². The second-order valence-electron chi connectivity index (χ2n) is 3.91. The van der Waals surface area contributed by atoms with Crippen molar-refractivity contribution in [3.63, 3.8) is 0 Å². The Hall–Kier alpha value is -0.620. The lowest BCUT2D eigenvalue weighted by Crippen LogP contribution is -2.28. The van der Waals surface area contributed by atoms with E-state index in [0.29, 0.717) is 0 Å². The number of carbonyl (C=O) groups excluding carboxylic acids is 1. The maximum Gasteiger partial charge on any atom is 0.233 e. The van der Waals surface area contributed by atoms with Gasteiger partial charge in [0.1, 0.15) is 0 Å². The molecule has 0 aromatic carbocycles. The van der Waals surface area contributed by atoms with Crippen LogP contribution < -0.4 is 4.72 Å². The zero-order valence-electron chi connectivity index (χ0n) is 9.62. The first kappa shape index (κ1) is 14.4. The second kappa shape index (κ2) is 6.79. The zero-order chi connectivity index (χ0) is 11.9. The number of rotatable bonds is 7. The van der Waals surface area contributed by atoms with Crippen LogP contribution in [0.4, 0.5) is 0 Å². The lowest BCUT2D eigenvalue weighted by atomic mass is 10.2. The monoisotopic (exact) mass is 236 g/mol. The number of carbonyl (C=O) groups is 1. The summed E-state index contributed by atoms with van der Waals surface area (Å²) in [6, 6.07) is 0. The Labute approximate surface area is 91.9 Å². The Morgan fingerprint density at radius 2 is 1.80 bits per heavy atom. The molecule has 15 heavy (non-hydrogen) atoms. The van der Waals surface area contributed by atoms with E-state index in [0.717, 1.165) is 32.1 Å². The minimum absolute atomic E-state index is 0.278. The van der Waals surface area contributed by atoms with Crippen molar-refractivity contribution < 1.29 is 13.2 Å². The molecule has 0 heterocycles. The van der Waals surface area contributed by atoms with Gasteiger partial charge in [-0.3, -0.25) is 9.52 Å². The number of unbranched alkanes of at least 4 members (excludes halogenated alkanes) is 2. The molecule has 0 aromatic heterocycles. The average Bonchev–Trinajstić information content (AvgIpc) is 1.99. The largest absolute Gasteiger partial charge is 0.309 e. The highest BCUT2D eigenvalue weighted by Gasteiger charge is 2.07. The van der Waals surface area contributed by atoms with Crippen LogP contribution in [0.25, 0.3) is 0 Å². The maximum atomic E-state index is 11.1. The molecule has 0 aromatic rings. The first-order chi connectivity index (χ1) is 6.81. The molecule has 0 unspecified atom stereocenters.